The van der Waals surface area contributed by atoms with Crippen molar-refractivity contribution in [2.75, 3.05) is 5.32 Å². The monoisotopic (exact) mass is 397 g/mol. The number of aryl methyl sites for hydroxylation is 1. The second kappa shape index (κ2) is 6.79. The van der Waals surface area contributed by atoms with Crippen LogP contribution in [0.1, 0.15) is 44.5 Å². The molecule has 8 heteroatoms. The topological polar surface area (TPSA) is 125 Å². The summed E-state index contributed by atoms with van der Waals surface area (Å²) in [7, 11) is 0. The van der Waals surface area contributed by atoms with Gasteiger partial charge >= 0.3 is 0 Å². The number of aromatic nitrogens is 1. The predicted octanol–water partition coefficient (Wildman–Crippen LogP) is 2.77. The molecule has 3 aromatic rings. The van der Waals surface area contributed by atoms with E-state index in [1.807, 2.05) is 0 Å². The van der Waals surface area contributed by atoms with E-state index in [9.17, 15) is 19.5 Å². The number of amides is 2. The number of aromatic hydroxyl groups is 1. The number of nitrogens with one attached hydrogen (secondary N) is 2. The Morgan fingerprint density at radius 1 is 1.29 bits per heavy atom. The van der Waals surface area contributed by atoms with Crippen LogP contribution < -0.4 is 16.6 Å². The Morgan fingerprint density at radius 2 is 2.00 bits per heavy atom. The molecule has 2 amide bonds. The summed E-state index contributed by atoms with van der Waals surface area (Å²) in [5.74, 6) is -1.01. The Kier molecular flexibility index (Phi) is 4.43. The van der Waals surface area contributed by atoms with Crippen LogP contribution >= 0.6 is 11.3 Å². The van der Waals surface area contributed by atoms with Crippen molar-refractivity contribution in [2.45, 2.75) is 26.2 Å². The van der Waals surface area contributed by atoms with E-state index in [0.29, 0.717) is 27.4 Å². The third kappa shape index (κ3) is 3.05. The van der Waals surface area contributed by atoms with E-state index in [1.54, 1.807) is 0 Å². The van der Waals surface area contributed by atoms with Gasteiger partial charge in [0.2, 0.25) is 5.91 Å². The van der Waals surface area contributed by atoms with Crippen molar-refractivity contribution in [3.8, 4) is 5.75 Å². The first-order valence-electron chi connectivity index (χ1n) is 8.96. The lowest BCUT2D eigenvalue weighted by molar-refractivity contribution is 0.0997. The molecule has 2 heterocycles. The molecular weight excluding hydrogens is 378 g/mol. The van der Waals surface area contributed by atoms with Gasteiger partial charge in [0.15, 0.2) is 0 Å². The van der Waals surface area contributed by atoms with Gasteiger partial charge < -0.3 is 21.1 Å². The van der Waals surface area contributed by atoms with Gasteiger partial charge in [0.05, 0.1) is 5.39 Å². The molecule has 28 heavy (non-hydrogen) atoms. The maximum Gasteiger partial charge on any atom is 0.265 e. The summed E-state index contributed by atoms with van der Waals surface area (Å²) < 4.78 is 0. The number of carbonyl (C=O) groups excluding carboxylic acids is 2. The summed E-state index contributed by atoms with van der Waals surface area (Å²) in [5.41, 5.74) is 5.96. The fourth-order valence-electron chi connectivity index (χ4n) is 3.61. The van der Waals surface area contributed by atoms with Crippen LogP contribution in [0.2, 0.25) is 0 Å². The number of fused-ring (bicyclic) bond motifs is 3. The standard InChI is InChI=1S/C20H19N3O4S/c1-9-2-7-12-13(8-9)28-20-14(12)16(24)15(19(27)23-20)18(26)22-11-5-3-10(4-6-11)17(21)25/h3-6,9H,2,7-8H2,1H3,(H2,21,25)(H,22,26)(H2,23,24,27)/t9-/m1/s1. The number of carbonyl (C=O) groups is 2. The molecule has 1 atom stereocenters. The van der Waals surface area contributed by atoms with E-state index in [0.717, 1.165) is 29.7 Å². The molecule has 5 N–H and O–H groups in total. The molecule has 1 aliphatic rings. The van der Waals surface area contributed by atoms with Crippen LogP contribution in [0, 0.1) is 5.92 Å². The number of rotatable bonds is 3. The molecule has 0 saturated carbocycles. The number of pyridine rings is 1. The van der Waals surface area contributed by atoms with E-state index in [-0.39, 0.29) is 11.3 Å². The first-order chi connectivity index (χ1) is 13.3. The van der Waals surface area contributed by atoms with Gasteiger partial charge in [-0.1, -0.05) is 6.92 Å². The highest BCUT2D eigenvalue weighted by Crippen LogP contribution is 2.41. The fourth-order valence-corrected chi connectivity index (χ4v) is 5.02. The molecule has 0 aliphatic heterocycles. The van der Waals surface area contributed by atoms with Crippen LogP contribution in [0.4, 0.5) is 5.69 Å². The molecular formula is C20H19N3O4S. The third-order valence-corrected chi connectivity index (χ3v) is 6.26. The quantitative estimate of drug-likeness (QED) is 0.542. The SMILES string of the molecule is C[C@@H]1CCc2c(sc3[nH]c(=O)c(C(=O)Nc4ccc(C(N)=O)cc4)c(O)c23)C1. The first-order valence-corrected chi connectivity index (χ1v) is 9.77. The average molecular weight is 397 g/mol. The second-order valence-electron chi connectivity index (χ2n) is 7.13. The van der Waals surface area contributed by atoms with Crippen LogP contribution in [0.25, 0.3) is 10.2 Å². The lowest BCUT2D eigenvalue weighted by Gasteiger charge is -2.18. The Bertz CT molecular complexity index is 1160. The molecule has 1 aromatic carbocycles. The van der Waals surface area contributed by atoms with Gasteiger partial charge in [-0.15, -0.1) is 11.3 Å². The maximum absolute atomic E-state index is 12.7. The largest absolute Gasteiger partial charge is 0.506 e. The summed E-state index contributed by atoms with van der Waals surface area (Å²) in [5, 5.41) is 13.9. The Labute approximate surface area is 164 Å². The molecule has 1 aliphatic carbocycles. The number of anilines is 1. The van der Waals surface area contributed by atoms with E-state index < -0.39 is 17.4 Å². The van der Waals surface area contributed by atoms with Crippen molar-refractivity contribution in [1.29, 1.82) is 0 Å². The molecule has 0 bridgehead atoms. The van der Waals surface area contributed by atoms with Gasteiger partial charge in [-0.05, 0) is 55.0 Å². The van der Waals surface area contributed by atoms with Crippen LogP contribution in [0.5, 0.6) is 5.75 Å². The van der Waals surface area contributed by atoms with E-state index in [1.165, 1.54) is 35.6 Å². The number of aromatic amines is 1. The van der Waals surface area contributed by atoms with Crippen LogP contribution in [0.3, 0.4) is 0 Å². The predicted molar refractivity (Wildman–Crippen MR) is 108 cm³/mol. The summed E-state index contributed by atoms with van der Waals surface area (Å²) in [6.07, 6.45) is 2.72. The van der Waals surface area contributed by atoms with Gasteiger partial charge in [0.25, 0.3) is 11.5 Å². The molecule has 4 rings (SSSR count). The van der Waals surface area contributed by atoms with Crippen molar-refractivity contribution >= 4 is 39.1 Å². The van der Waals surface area contributed by atoms with E-state index in [2.05, 4.69) is 17.2 Å². The Hall–Kier alpha value is -3.13. The Morgan fingerprint density at radius 3 is 2.68 bits per heavy atom. The zero-order valence-corrected chi connectivity index (χ0v) is 16.0. The number of nitrogens with two attached hydrogens (primary N) is 1. The molecule has 0 unspecified atom stereocenters. The van der Waals surface area contributed by atoms with Crippen molar-refractivity contribution in [3.05, 3.63) is 56.2 Å². The lowest BCUT2D eigenvalue weighted by atomic mass is 9.89. The third-order valence-electron chi connectivity index (χ3n) is 5.09. The van der Waals surface area contributed by atoms with Crippen molar-refractivity contribution in [3.63, 3.8) is 0 Å². The minimum Gasteiger partial charge on any atom is -0.506 e. The Balaban J connectivity index is 1.72. The van der Waals surface area contributed by atoms with Crippen molar-refractivity contribution < 1.29 is 14.7 Å². The van der Waals surface area contributed by atoms with Gasteiger partial charge in [0, 0.05) is 16.1 Å². The fraction of sp³-hybridized carbons (Fsp3) is 0.250. The van der Waals surface area contributed by atoms with Gasteiger partial charge in [-0.2, -0.15) is 0 Å². The highest BCUT2D eigenvalue weighted by molar-refractivity contribution is 7.18. The van der Waals surface area contributed by atoms with Gasteiger partial charge in [-0.25, -0.2) is 0 Å². The van der Waals surface area contributed by atoms with Gasteiger partial charge in [0.1, 0.15) is 16.1 Å². The number of hydrogen-bond acceptors (Lipinski definition) is 5. The summed E-state index contributed by atoms with van der Waals surface area (Å²) in [4.78, 5) is 40.8. The normalized spacial score (nSPS) is 16.0. The number of H-pyrrole nitrogens is 1. The second-order valence-corrected chi connectivity index (χ2v) is 8.23. The minimum atomic E-state index is -0.711. The highest BCUT2D eigenvalue weighted by Gasteiger charge is 2.27. The molecule has 0 saturated heterocycles. The molecule has 144 valence electrons. The molecule has 0 spiro atoms. The number of benzene rings is 1. The molecule has 0 fully saturated rings. The summed E-state index contributed by atoms with van der Waals surface area (Å²) >= 11 is 1.47. The number of hydrogen-bond donors (Lipinski definition) is 4. The van der Waals surface area contributed by atoms with E-state index >= 15 is 0 Å². The smallest absolute Gasteiger partial charge is 0.265 e. The average Bonchev–Trinajstić information content (AvgIpc) is 2.99. The van der Waals surface area contributed by atoms with Crippen LogP contribution in [0.15, 0.2) is 29.1 Å². The zero-order chi connectivity index (χ0) is 20.0. The molecule has 7 nitrogen and oxygen atoms in total. The summed E-state index contributed by atoms with van der Waals surface area (Å²) in [6.45, 7) is 2.18. The summed E-state index contributed by atoms with van der Waals surface area (Å²) in [6, 6.07) is 5.97. The van der Waals surface area contributed by atoms with Crippen molar-refractivity contribution in [2.24, 2.45) is 11.7 Å². The highest BCUT2D eigenvalue weighted by atomic mass is 32.1. The molecule has 0 radical (unpaired) electrons. The number of primary amides is 1. The van der Waals surface area contributed by atoms with Crippen LogP contribution in [-0.4, -0.2) is 21.9 Å². The molecule has 2 aromatic heterocycles. The van der Waals surface area contributed by atoms with Crippen molar-refractivity contribution in [1.82, 2.24) is 4.98 Å². The van der Waals surface area contributed by atoms with Crippen LogP contribution in [-0.2, 0) is 12.8 Å². The van der Waals surface area contributed by atoms with Gasteiger partial charge in [-0.3, -0.25) is 14.4 Å². The lowest BCUT2D eigenvalue weighted by Crippen LogP contribution is -2.23. The minimum absolute atomic E-state index is 0.281. The van der Waals surface area contributed by atoms with E-state index in [4.69, 9.17) is 5.73 Å². The first kappa shape index (κ1) is 18.2. The maximum atomic E-state index is 12.7. The zero-order valence-electron chi connectivity index (χ0n) is 15.2. The number of thiophene rings is 1.